The molecule has 1 aromatic heterocycles. The maximum Gasteiger partial charge on any atom is 0.338 e. The van der Waals surface area contributed by atoms with E-state index in [1.807, 2.05) is 42.5 Å². The molecule has 0 unspecified atom stereocenters. The van der Waals surface area contributed by atoms with E-state index in [-0.39, 0.29) is 11.7 Å². The topological polar surface area (TPSA) is 69.9 Å². The second-order valence-corrected chi connectivity index (χ2v) is 9.95. The van der Waals surface area contributed by atoms with Gasteiger partial charge in [0, 0.05) is 5.02 Å². The van der Waals surface area contributed by atoms with Crippen molar-refractivity contribution in [3.8, 4) is 5.75 Å². The van der Waals surface area contributed by atoms with Crippen molar-refractivity contribution in [3.63, 3.8) is 0 Å². The van der Waals surface area contributed by atoms with Crippen LogP contribution in [0.25, 0.3) is 6.08 Å². The largest absolute Gasteiger partial charge is 0.494 e. The molecular formula is C27H27ClN2O4S. The van der Waals surface area contributed by atoms with Crippen molar-refractivity contribution in [3.05, 3.63) is 95.6 Å². The van der Waals surface area contributed by atoms with E-state index in [1.165, 1.54) is 11.3 Å². The molecule has 0 bridgehead atoms. The smallest absolute Gasteiger partial charge is 0.338 e. The lowest BCUT2D eigenvalue weighted by atomic mass is 9.96. The van der Waals surface area contributed by atoms with Gasteiger partial charge in [-0.25, -0.2) is 9.79 Å². The fraction of sp³-hybridized carbons (Fsp3) is 0.296. The van der Waals surface area contributed by atoms with Crippen LogP contribution >= 0.6 is 22.9 Å². The highest BCUT2D eigenvalue weighted by atomic mass is 35.5. The van der Waals surface area contributed by atoms with Gasteiger partial charge in [-0.05, 0) is 68.7 Å². The molecule has 1 atom stereocenters. The van der Waals surface area contributed by atoms with Crippen LogP contribution in [0.4, 0.5) is 0 Å². The Hall–Kier alpha value is -3.16. The number of fused-ring (bicyclic) bond motifs is 1. The van der Waals surface area contributed by atoms with Crippen LogP contribution in [0.5, 0.6) is 5.75 Å². The molecule has 35 heavy (non-hydrogen) atoms. The average Bonchev–Trinajstić information content (AvgIpc) is 3.12. The first-order valence-corrected chi connectivity index (χ1v) is 12.7. The van der Waals surface area contributed by atoms with Crippen molar-refractivity contribution in [2.24, 2.45) is 4.99 Å². The summed E-state index contributed by atoms with van der Waals surface area (Å²) in [7, 11) is 0. The predicted molar refractivity (Wildman–Crippen MR) is 139 cm³/mol. The van der Waals surface area contributed by atoms with Gasteiger partial charge in [-0.3, -0.25) is 9.36 Å². The number of ether oxygens (including phenoxy) is 2. The number of hydrogen-bond acceptors (Lipinski definition) is 6. The van der Waals surface area contributed by atoms with E-state index >= 15 is 0 Å². The number of nitrogens with zero attached hydrogens (tertiary/aromatic N) is 2. The zero-order valence-corrected chi connectivity index (χ0v) is 21.7. The summed E-state index contributed by atoms with van der Waals surface area (Å²) in [6, 6.07) is 14.1. The molecule has 0 radical (unpaired) electrons. The molecule has 3 aromatic rings. The first-order valence-electron chi connectivity index (χ1n) is 11.5. The van der Waals surface area contributed by atoms with E-state index < -0.39 is 12.0 Å². The van der Waals surface area contributed by atoms with Gasteiger partial charge in [0.1, 0.15) is 5.75 Å². The van der Waals surface area contributed by atoms with Crippen LogP contribution < -0.4 is 19.6 Å². The van der Waals surface area contributed by atoms with E-state index in [0.29, 0.717) is 32.2 Å². The van der Waals surface area contributed by atoms with Crippen LogP contribution in [0.2, 0.25) is 5.02 Å². The minimum Gasteiger partial charge on any atom is -0.494 e. The number of esters is 1. The second-order valence-electron chi connectivity index (χ2n) is 8.50. The van der Waals surface area contributed by atoms with E-state index in [1.54, 1.807) is 37.5 Å². The van der Waals surface area contributed by atoms with Crippen LogP contribution in [0, 0.1) is 0 Å². The minimum absolute atomic E-state index is 0.220. The van der Waals surface area contributed by atoms with E-state index in [0.717, 1.165) is 23.3 Å². The number of allylic oxidation sites excluding steroid dienone is 1. The number of thiazole rings is 1. The van der Waals surface area contributed by atoms with Crippen molar-refractivity contribution < 1.29 is 14.3 Å². The van der Waals surface area contributed by atoms with Crippen LogP contribution in [0.1, 0.15) is 51.3 Å². The molecule has 6 nitrogen and oxygen atoms in total. The van der Waals surface area contributed by atoms with E-state index in [2.05, 4.69) is 11.9 Å². The molecule has 0 N–H and O–H groups in total. The molecule has 1 aliphatic heterocycles. The SMILES string of the molecule is CCCOc1ccc(/C=c2\sc3n(c2=O)[C@@H](c2ccc(Cl)cc2)C(C(=O)OC(C)C)=C(C)N=3)cc1. The monoisotopic (exact) mass is 510 g/mol. The number of rotatable bonds is 7. The zero-order valence-electron chi connectivity index (χ0n) is 20.1. The molecule has 1 aliphatic rings. The number of halogens is 1. The lowest BCUT2D eigenvalue weighted by molar-refractivity contribution is -0.143. The lowest BCUT2D eigenvalue weighted by Crippen LogP contribution is -2.40. The Labute approximate surface area is 212 Å². The van der Waals surface area contributed by atoms with Crippen LogP contribution in [-0.2, 0) is 9.53 Å². The Kier molecular flexibility index (Phi) is 7.57. The van der Waals surface area contributed by atoms with Crippen LogP contribution in [0.3, 0.4) is 0 Å². The van der Waals surface area contributed by atoms with Crippen molar-refractivity contribution >= 4 is 35.0 Å². The summed E-state index contributed by atoms with van der Waals surface area (Å²) in [6.45, 7) is 8.06. The molecule has 4 rings (SSSR count). The summed E-state index contributed by atoms with van der Waals surface area (Å²) in [5.41, 5.74) is 2.28. The first kappa shape index (κ1) is 24.9. The molecule has 0 spiro atoms. The van der Waals surface area contributed by atoms with E-state index in [4.69, 9.17) is 21.1 Å². The first-order chi connectivity index (χ1) is 16.8. The molecule has 8 heteroatoms. The summed E-state index contributed by atoms with van der Waals surface area (Å²) in [5.74, 6) is 0.301. The van der Waals surface area contributed by atoms with Gasteiger partial charge in [-0.2, -0.15) is 0 Å². The van der Waals surface area contributed by atoms with Crippen molar-refractivity contribution in [1.29, 1.82) is 0 Å². The van der Waals surface area contributed by atoms with E-state index in [9.17, 15) is 9.59 Å². The van der Waals surface area contributed by atoms with Gasteiger partial charge in [0.2, 0.25) is 0 Å². The molecular weight excluding hydrogens is 484 g/mol. The molecule has 0 saturated heterocycles. The normalized spacial score (nSPS) is 15.7. The van der Waals surface area contributed by atoms with Crippen LogP contribution in [0.15, 0.2) is 69.6 Å². The standard InChI is InChI=1S/C27H27ClN2O4S/c1-5-14-33-21-12-6-18(7-13-21)15-22-25(31)30-24(19-8-10-20(28)11-9-19)23(26(32)34-16(2)3)17(4)29-27(30)35-22/h6-13,15-16,24H,5,14H2,1-4H3/b22-15-/t24-/m0/s1. The summed E-state index contributed by atoms with van der Waals surface area (Å²) >= 11 is 7.40. The molecule has 182 valence electrons. The fourth-order valence-corrected chi connectivity index (χ4v) is 5.02. The molecule has 0 fully saturated rings. The third-order valence-electron chi connectivity index (χ3n) is 5.42. The third-order valence-corrected chi connectivity index (χ3v) is 6.66. The number of benzene rings is 2. The van der Waals surface area contributed by atoms with Gasteiger partial charge in [0.05, 0.1) is 34.6 Å². The predicted octanol–water partition coefficient (Wildman–Crippen LogP) is 4.63. The number of aromatic nitrogens is 1. The Morgan fingerprint density at radius 1 is 1.17 bits per heavy atom. The summed E-state index contributed by atoms with van der Waals surface area (Å²) in [5, 5.41) is 0.569. The molecule has 2 heterocycles. The average molecular weight is 511 g/mol. The Morgan fingerprint density at radius 2 is 1.86 bits per heavy atom. The van der Waals surface area contributed by atoms with Crippen molar-refractivity contribution in [2.45, 2.75) is 46.3 Å². The summed E-state index contributed by atoms with van der Waals surface area (Å²) < 4.78 is 13.3. The second kappa shape index (κ2) is 10.6. The molecule has 2 aromatic carbocycles. The van der Waals surface area contributed by atoms with Gasteiger partial charge < -0.3 is 9.47 Å². The van der Waals surface area contributed by atoms with Gasteiger partial charge >= 0.3 is 5.97 Å². The third kappa shape index (κ3) is 5.41. The molecule has 0 aliphatic carbocycles. The maximum absolute atomic E-state index is 13.6. The highest BCUT2D eigenvalue weighted by Crippen LogP contribution is 2.31. The molecule has 0 saturated carbocycles. The summed E-state index contributed by atoms with van der Waals surface area (Å²) in [6.07, 6.45) is 2.46. The lowest BCUT2D eigenvalue weighted by Gasteiger charge is -2.25. The quantitative estimate of drug-likeness (QED) is 0.434. The van der Waals surface area contributed by atoms with Gasteiger partial charge in [0.15, 0.2) is 4.80 Å². The van der Waals surface area contributed by atoms with Gasteiger partial charge in [-0.15, -0.1) is 0 Å². The number of carbonyl (C=O) groups is 1. The van der Waals surface area contributed by atoms with Gasteiger partial charge in [0.25, 0.3) is 5.56 Å². The minimum atomic E-state index is -0.665. The van der Waals surface area contributed by atoms with Crippen molar-refractivity contribution in [2.75, 3.05) is 6.61 Å². The highest BCUT2D eigenvalue weighted by Gasteiger charge is 2.33. The number of carbonyl (C=O) groups excluding carboxylic acids is 1. The van der Waals surface area contributed by atoms with Gasteiger partial charge in [-0.1, -0.05) is 54.1 Å². The molecule has 0 amide bonds. The Morgan fingerprint density at radius 3 is 2.49 bits per heavy atom. The summed E-state index contributed by atoms with van der Waals surface area (Å²) in [4.78, 5) is 31.9. The zero-order chi connectivity index (χ0) is 25.1. The van der Waals surface area contributed by atoms with Crippen LogP contribution in [-0.4, -0.2) is 23.2 Å². The number of hydrogen-bond donors (Lipinski definition) is 0. The maximum atomic E-state index is 13.6. The Bertz CT molecular complexity index is 1430. The van der Waals surface area contributed by atoms with Crippen molar-refractivity contribution in [1.82, 2.24) is 4.57 Å². The highest BCUT2D eigenvalue weighted by molar-refractivity contribution is 7.07. The fourth-order valence-electron chi connectivity index (χ4n) is 3.85. The Balaban J connectivity index is 1.83.